The van der Waals surface area contributed by atoms with Gasteiger partial charge in [-0.15, -0.1) is 0 Å². The van der Waals surface area contributed by atoms with Gasteiger partial charge in [-0.3, -0.25) is 9.69 Å². The van der Waals surface area contributed by atoms with E-state index in [4.69, 9.17) is 5.73 Å². The van der Waals surface area contributed by atoms with Gasteiger partial charge in [0, 0.05) is 24.5 Å². The van der Waals surface area contributed by atoms with Gasteiger partial charge in [-0.1, -0.05) is 11.6 Å². The molecule has 0 spiro atoms. The number of nitrogens with two attached hydrogens (primary N) is 1. The van der Waals surface area contributed by atoms with Crippen LogP contribution in [0.2, 0.25) is 0 Å². The van der Waals surface area contributed by atoms with Crippen molar-refractivity contribution in [2.24, 2.45) is 0 Å². The number of rotatable bonds is 3. The van der Waals surface area contributed by atoms with Crippen LogP contribution in [0.25, 0.3) is 0 Å². The molecule has 1 atom stereocenters. The highest BCUT2D eigenvalue weighted by molar-refractivity contribution is 5.95. The van der Waals surface area contributed by atoms with Crippen LogP contribution in [0.1, 0.15) is 25.8 Å². The van der Waals surface area contributed by atoms with E-state index in [1.807, 2.05) is 26.0 Å². The Hall–Kier alpha value is -1.81. The van der Waals surface area contributed by atoms with Gasteiger partial charge in [-0.05, 0) is 51.0 Å². The molecule has 0 aliphatic carbocycles. The van der Waals surface area contributed by atoms with Gasteiger partial charge in [0.15, 0.2) is 0 Å². The van der Waals surface area contributed by atoms with E-state index in [9.17, 15) is 4.79 Å². The van der Waals surface area contributed by atoms with Gasteiger partial charge >= 0.3 is 0 Å². The third-order valence-electron chi connectivity index (χ3n) is 3.90. The summed E-state index contributed by atoms with van der Waals surface area (Å²) in [6, 6.07) is 5.40. The summed E-state index contributed by atoms with van der Waals surface area (Å²) in [4.78, 5) is 14.5. The molecule has 1 aliphatic rings. The monoisotopic (exact) mass is 273 g/mol. The normalized spacial score (nSPS) is 17.4. The summed E-state index contributed by atoms with van der Waals surface area (Å²) in [5.74, 6) is 0.0332. The summed E-state index contributed by atoms with van der Waals surface area (Å²) in [6.45, 7) is 7.83. The molecular weight excluding hydrogens is 250 g/mol. The van der Waals surface area contributed by atoms with E-state index >= 15 is 0 Å². The molecule has 0 bridgehead atoms. The third kappa shape index (κ3) is 3.39. The van der Waals surface area contributed by atoms with Crippen molar-refractivity contribution in [1.29, 1.82) is 0 Å². The summed E-state index contributed by atoms with van der Waals surface area (Å²) in [7, 11) is 0. The van der Waals surface area contributed by atoms with Crippen LogP contribution < -0.4 is 11.1 Å². The number of aryl methyl sites for hydroxylation is 1. The second-order valence-electron chi connectivity index (χ2n) is 5.53. The van der Waals surface area contributed by atoms with Crippen LogP contribution in [0.3, 0.4) is 0 Å². The zero-order chi connectivity index (χ0) is 14.7. The molecule has 1 aromatic rings. The van der Waals surface area contributed by atoms with Crippen LogP contribution in [0.4, 0.5) is 11.4 Å². The Balaban J connectivity index is 2.01. The fraction of sp³-hybridized carbons (Fsp3) is 0.438. The van der Waals surface area contributed by atoms with E-state index in [1.54, 1.807) is 6.07 Å². The maximum atomic E-state index is 12.3. The van der Waals surface area contributed by atoms with E-state index < -0.39 is 0 Å². The van der Waals surface area contributed by atoms with Crippen molar-refractivity contribution in [2.45, 2.75) is 33.2 Å². The first kappa shape index (κ1) is 14.6. The molecule has 0 saturated heterocycles. The molecule has 0 radical (unpaired) electrons. The molecule has 1 amide bonds. The maximum Gasteiger partial charge on any atom is 0.241 e. The molecule has 3 N–H and O–H groups in total. The summed E-state index contributed by atoms with van der Waals surface area (Å²) in [5.41, 5.74) is 9.66. The Labute approximate surface area is 120 Å². The van der Waals surface area contributed by atoms with E-state index in [0.29, 0.717) is 5.69 Å². The number of nitrogen functional groups attached to an aromatic ring is 1. The lowest BCUT2D eigenvalue weighted by atomic mass is 10.1. The van der Waals surface area contributed by atoms with Gasteiger partial charge < -0.3 is 11.1 Å². The zero-order valence-electron chi connectivity index (χ0n) is 12.4. The number of benzene rings is 1. The number of nitrogens with zero attached hydrogens (tertiary/aromatic N) is 1. The lowest BCUT2D eigenvalue weighted by Gasteiger charge is -2.30. The van der Waals surface area contributed by atoms with E-state index in [2.05, 4.69) is 23.2 Å². The summed E-state index contributed by atoms with van der Waals surface area (Å²) in [6.07, 6.45) is 3.24. The lowest BCUT2D eigenvalue weighted by molar-refractivity contribution is -0.120. The van der Waals surface area contributed by atoms with Gasteiger partial charge in [0.25, 0.3) is 0 Å². The second-order valence-corrected chi connectivity index (χ2v) is 5.53. The van der Waals surface area contributed by atoms with Crippen molar-refractivity contribution in [3.63, 3.8) is 0 Å². The number of hydrogen-bond donors (Lipinski definition) is 2. The van der Waals surface area contributed by atoms with E-state index in [1.165, 1.54) is 5.57 Å². The third-order valence-corrected chi connectivity index (χ3v) is 3.90. The van der Waals surface area contributed by atoms with Gasteiger partial charge in [-0.2, -0.15) is 0 Å². The molecule has 1 aromatic carbocycles. The minimum atomic E-state index is -0.128. The SMILES string of the molecule is CC1=CCN(C(C)C(=O)Nc2ccc(N)cc2C)CC1. The highest BCUT2D eigenvalue weighted by atomic mass is 16.2. The molecule has 20 heavy (non-hydrogen) atoms. The van der Waals surface area contributed by atoms with E-state index in [-0.39, 0.29) is 11.9 Å². The predicted molar refractivity (Wildman–Crippen MR) is 83.6 cm³/mol. The average molecular weight is 273 g/mol. The predicted octanol–water partition coefficient (Wildman–Crippen LogP) is 2.56. The molecule has 108 valence electrons. The second kappa shape index (κ2) is 6.09. The molecular formula is C16H23N3O. The Morgan fingerprint density at radius 1 is 1.40 bits per heavy atom. The number of anilines is 2. The molecule has 1 unspecified atom stereocenters. The van der Waals surface area contributed by atoms with Crippen LogP contribution in [-0.2, 0) is 4.79 Å². The number of carbonyl (C=O) groups excluding carboxylic acids is 1. The fourth-order valence-electron chi connectivity index (χ4n) is 2.37. The molecule has 0 fully saturated rings. The topological polar surface area (TPSA) is 58.4 Å². The van der Waals surface area contributed by atoms with Gasteiger partial charge in [0.1, 0.15) is 0 Å². The van der Waals surface area contributed by atoms with Crippen molar-refractivity contribution in [3.8, 4) is 0 Å². The largest absolute Gasteiger partial charge is 0.399 e. The summed E-state index contributed by atoms with van der Waals surface area (Å²) in [5, 5.41) is 2.99. The first-order chi connectivity index (χ1) is 9.47. The fourth-order valence-corrected chi connectivity index (χ4v) is 2.37. The van der Waals surface area contributed by atoms with Crippen LogP contribution in [0.15, 0.2) is 29.8 Å². The van der Waals surface area contributed by atoms with Crippen molar-refractivity contribution < 1.29 is 4.79 Å². The quantitative estimate of drug-likeness (QED) is 0.657. The number of nitrogens with one attached hydrogen (secondary N) is 1. The molecule has 0 aromatic heterocycles. The Morgan fingerprint density at radius 2 is 2.15 bits per heavy atom. The first-order valence-electron chi connectivity index (χ1n) is 7.04. The van der Waals surface area contributed by atoms with Crippen LogP contribution in [0.5, 0.6) is 0 Å². The highest BCUT2D eigenvalue weighted by Crippen LogP contribution is 2.19. The molecule has 1 heterocycles. The smallest absolute Gasteiger partial charge is 0.241 e. The van der Waals surface area contributed by atoms with Crippen molar-refractivity contribution in [3.05, 3.63) is 35.4 Å². The Morgan fingerprint density at radius 3 is 2.75 bits per heavy atom. The van der Waals surface area contributed by atoms with Crippen molar-refractivity contribution in [2.75, 3.05) is 24.1 Å². The minimum Gasteiger partial charge on any atom is -0.399 e. The number of hydrogen-bond acceptors (Lipinski definition) is 3. The standard InChI is InChI=1S/C16H23N3O/c1-11-6-8-19(9-7-11)13(3)16(20)18-15-5-4-14(17)10-12(15)2/h4-6,10,13H,7-9,17H2,1-3H3,(H,18,20). The van der Waals surface area contributed by atoms with Gasteiger partial charge in [0.2, 0.25) is 5.91 Å². The summed E-state index contributed by atoms with van der Waals surface area (Å²) < 4.78 is 0. The lowest BCUT2D eigenvalue weighted by Crippen LogP contribution is -2.44. The number of carbonyl (C=O) groups is 1. The Bertz CT molecular complexity index is 537. The molecule has 1 aliphatic heterocycles. The maximum absolute atomic E-state index is 12.3. The number of amides is 1. The van der Waals surface area contributed by atoms with Crippen molar-refractivity contribution >= 4 is 17.3 Å². The summed E-state index contributed by atoms with van der Waals surface area (Å²) >= 11 is 0. The van der Waals surface area contributed by atoms with Gasteiger partial charge in [-0.25, -0.2) is 0 Å². The van der Waals surface area contributed by atoms with Crippen molar-refractivity contribution in [1.82, 2.24) is 4.90 Å². The highest BCUT2D eigenvalue weighted by Gasteiger charge is 2.22. The first-order valence-corrected chi connectivity index (χ1v) is 7.04. The molecule has 4 nitrogen and oxygen atoms in total. The van der Waals surface area contributed by atoms with Crippen LogP contribution in [0, 0.1) is 6.92 Å². The molecule has 4 heteroatoms. The van der Waals surface area contributed by atoms with Crippen LogP contribution >= 0.6 is 0 Å². The minimum absolute atomic E-state index is 0.0332. The van der Waals surface area contributed by atoms with Gasteiger partial charge in [0.05, 0.1) is 6.04 Å². The van der Waals surface area contributed by atoms with E-state index in [0.717, 1.165) is 30.8 Å². The molecule has 2 rings (SSSR count). The molecule has 0 saturated carbocycles. The average Bonchev–Trinajstić information content (AvgIpc) is 2.42. The Kier molecular flexibility index (Phi) is 4.45. The van der Waals surface area contributed by atoms with Crippen LogP contribution in [-0.4, -0.2) is 29.9 Å². The zero-order valence-corrected chi connectivity index (χ0v) is 12.4.